The first-order valence-corrected chi connectivity index (χ1v) is 6.82. The fourth-order valence-corrected chi connectivity index (χ4v) is 2.40. The molecule has 0 atom stereocenters. The van der Waals surface area contributed by atoms with E-state index in [-0.39, 0.29) is 11.4 Å². The first kappa shape index (κ1) is 14.5. The Morgan fingerprint density at radius 3 is 2.65 bits per heavy atom. The molecule has 0 spiro atoms. The number of amides is 1. The summed E-state index contributed by atoms with van der Waals surface area (Å²) in [5, 5.41) is 6.15. The molecule has 96 valence electrons. The fraction of sp³-hybridized carbons (Fsp3) is 0.583. The van der Waals surface area contributed by atoms with Crippen LogP contribution in [-0.4, -0.2) is 18.0 Å². The molecule has 0 fully saturated rings. The minimum atomic E-state index is -0.154. The van der Waals surface area contributed by atoms with Gasteiger partial charge in [0.1, 0.15) is 0 Å². The highest BCUT2D eigenvalue weighted by molar-refractivity contribution is 7.16. The molecule has 1 rings (SSSR count). The van der Waals surface area contributed by atoms with E-state index in [0.717, 1.165) is 10.9 Å². The molecule has 2 N–H and O–H groups in total. The molecule has 0 radical (unpaired) electrons. The predicted octanol–water partition coefficient (Wildman–Crippen LogP) is 2.80. The van der Waals surface area contributed by atoms with Crippen LogP contribution in [0.4, 0.5) is 0 Å². The number of halogens is 1. The zero-order valence-electron chi connectivity index (χ0n) is 10.5. The van der Waals surface area contributed by atoms with Gasteiger partial charge in [-0.2, -0.15) is 0 Å². The number of nitrogens with one attached hydrogen (secondary N) is 2. The van der Waals surface area contributed by atoms with Crippen molar-refractivity contribution < 1.29 is 4.79 Å². The minimum absolute atomic E-state index is 0.0780. The van der Waals surface area contributed by atoms with Gasteiger partial charge in [-0.05, 0) is 32.9 Å². The van der Waals surface area contributed by atoms with Crippen LogP contribution in [-0.2, 0) is 11.3 Å². The van der Waals surface area contributed by atoms with E-state index in [0.29, 0.717) is 13.0 Å². The van der Waals surface area contributed by atoms with Gasteiger partial charge in [0.25, 0.3) is 0 Å². The molecule has 0 bridgehead atoms. The highest BCUT2D eigenvalue weighted by Gasteiger charge is 2.12. The molecule has 0 saturated carbocycles. The number of hydrogen-bond acceptors (Lipinski definition) is 3. The summed E-state index contributed by atoms with van der Waals surface area (Å²) in [6, 6.07) is 3.88. The summed E-state index contributed by atoms with van der Waals surface area (Å²) >= 11 is 7.38. The SMILES string of the molecule is CC(C)(C)NC(=O)CCNCc1ccc(Cl)s1. The Bertz CT molecular complexity index is 371. The molecule has 3 nitrogen and oxygen atoms in total. The molecule has 1 aromatic heterocycles. The molecule has 0 aliphatic rings. The summed E-state index contributed by atoms with van der Waals surface area (Å²) in [5.74, 6) is 0.0780. The van der Waals surface area contributed by atoms with E-state index < -0.39 is 0 Å². The van der Waals surface area contributed by atoms with Crippen molar-refractivity contribution in [1.82, 2.24) is 10.6 Å². The number of hydrogen-bond donors (Lipinski definition) is 2. The van der Waals surface area contributed by atoms with E-state index >= 15 is 0 Å². The first-order chi connectivity index (χ1) is 7.87. The van der Waals surface area contributed by atoms with Crippen molar-refractivity contribution in [3.8, 4) is 0 Å². The Labute approximate surface area is 112 Å². The van der Waals surface area contributed by atoms with E-state index in [2.05, 4.69) is 10.6 Å². The van der Waals surface area contributed by atoms with Crippen molar-refractivity contribution in [2.45, 2.75) is 39.3 Å². The third-order valence-corrected chi connectivity index (χ3v) is 3.20. The summed E-state index contributed by atoms with van der Waals surface area (Å²) in [5.41, 5.74) is -0.154. The minimum Gasteiger partial charge on any atom is -0.351 e. The number of thiophene rings is 1. The van der Waals surface area contributed by atoms with Crippen molar-refractivity contribution in [2.24, 2.45) is 0 Å². The molecule has 0 aromatic carbocycles. The van der Waals surface area contributed by atoms with Crippen LogP contribution in [0.15, 0.2) is 12.1 Å². The lowest BCUT2D eigenvalue weighted by atomic mass is 10.1. The highest BCUT2D eigenvalue weighted by Crippen LogP contribution is 2.20. The molecule has 0 aliphatic carbocycles. The van der Waals surface area contributed by atoms with Gasteiger partial charge in [-0.1, -0.05) is 11.6 Å². The molecular weight excluding hydrogens is 256 g/mol. The molecule has 1 aromatic rings. The van der Waals surface area contributed by atoms with Gasteiger partial charge in [0.05, 0.1) is 4.34 Å². The Kier molecular flexibility index (Phi) is 5.43. The Balaban J connectivity index is 2.14. The maximum atomic E-state index is 11.5. The number of carbonyl (C=O) groups excluding carboxylic acids is 1. The van der Waals surface area contributed by atoms with Gasteiger partial charge in [-0.15, -0.1) is 11.3 Å². The van der Waals surface area contributed by atoms with Crippen LogP contribution in [0.1, 0.15) is 32.1 Å². The summed E-state index contributed by atoms with van der Waals surface area (Å²) in [6.45, 7) is 7.38. The molecule has 0 unspecified atom stereocenters. The first-order valence-electron chi connectivity index (χ1n) is 5.63. The Morgan fingerprint density at radius 2 is 2.12 bits per heavy atom. The van der Waals surface area contributed by atoms with Gasteiger partial charge in [0.2, 0.25) is 5.91 Å². The van der Waals surface area contributed by atoms with Crippen molar-refractivity contribution in [2.75, 3.05) is 6.54 Å². The van der Waals surface area contributed by atoms with E-state index in [4.69, 9.17) is 11.6 Å². The van der Waals surface area contributed by atoms with Gasteiger partial charge >= 0.3 is 0 Å². The maximum absolute atomic E-state index is 11.5. The summed E-state index contributed by atoms with van der Waals surface area (Å²) < 4.78 is 0.798. The van der Waals surface area contributed by atoms with Crippen LogP contribution < -0.4 is 10.6 Å². The zero-order valence-corrected chi connectivity index (χ0v) is 12.0. The average Bonchev–Trinajstić information content (AvgIpc) is 2.56. The van der Waals surface area contributed by atoms with Gasteiger partial charge < -0.3 is 10.6 Å². The van der Waals surface area contributed by atoms with Gasteiger partial charge in [0, 0.05) is 29.9 Å². The van der Waals surface area contributed by atoms with Crippen molar-refractivity contribution in [1.29, 1.82) is 0 Å². The lowest BCUT2D eigenvalue weighted by molar-refractivity contribution is -0.122. The van der Waals surface area contributed by atoms with Crippen molar-refractivity contribution >= 4 is 28.8 Å². The normalized spacial score (nSPS) is 11.5. The Morgan fingerprint density at radius 1 is 1.41 bits per heavy atom. The maximum Gasteiger partial charge on any atom is 0.221 e. The van der Waals surface area contributed by atoms with E-state index in [1.807, 2.05) is 32.9 Å². The quantitative estimate of drug-likeness (QED) is 0.811. The molecule has 0 aliphatic heterocycles. The van der Waals surface area contributed by atoms with Crippen LogP contribution in [0.2, 0.25) is 4.34 Å². The van der Waals surface area contributed by atoms with Gasteiger partial charge in [-0.25, -0.2) is 0 Å². The summed E-state index contributed by atoms with van der Waals surface area (Å²) in [6.07, 6.45) is 0.496. The fourth-order valence-electron chi connectivity index (χ4n) is 1.34. The largest absolute Gasteiger partial charge is 0.351 e. The Hall–Kier alpha value is -0.580. The average molecular weight is 275 g/mol. The third-order valence-electron chi connectivity index (χ3n) is 1.97. The smallest absolute Gasteiger partial charge is 0.221 e. The zero-order chi connectivity index (χ0) is 12.9. The second kappa shape index (κ2) is 6.38. The van der Waals surface area contributed by atoms with Crippen LogP contribution in [0.3, 0.4) is 0 Å². The summed E-state index contributed by atoms with van der Waals surface area (Å²) in [4.78, 5) is 12.7. The van der Waals surface area contributed by atoms with E-state index in [9.17, 15) is 4.79 Å². The molecular formula is C12H19ClN2OS. The number of rotatable bonds is 5. The second-order valence-corrected chi connectivity index (χ2v) is 6.73. The van der Waals surface area contributed by atoms with Crippen molar-refractivity contribution in [3.63, 3.8) is 0 Å². The van der Waals surface area contributed by atoms with Gasteiger partial charge in [-0.3, -0.25) is 4.79 Å². The summed E-state index contributed by atoms with van der Waals surface area (Å²) in [7, 11) is 0. The van der Waals surface area contributed by atoms with Gasteiger partial charge in [0.15, 0.2) is 0 Å². The van der Waals surface area contributed by atoms with Crippen LogP contribution in [0.25, 0.3) is 0 Å². The third kappa shape index (κ3) is 6.66. The molecule has 1 heterocycles. The van der Waals surface area contributed by atoms with Crippen LogP contribution >= 0.6 is 22.9 Å². The van der Waals surface area contributed by atoms with Crippen LogP contribution in [0.5, 0.6) is 0 Å². The molecule has 5 heteroatoms. The second-order valence-electron chi connectivity index (χ2n) is 4.93. The van der Waals surface area contributed by atoms with E-state index in [1.165, 1.54) is 4.88 Å². The molecule has 17 heavy (non-hydrogen) atoms. The number of carbonyl (C=O) groups is 1. The standard InChI is InChI=1S/C12H19ClN2OS/c1-12(2,3)15-11(16)6-7-14-8-9-4-5-10(13)17-9/h4-5,14H,6-8H2,1-3H3,(H,15,16). The lowest BCUT2D eigenvalue weighted by Gasteiger charge is -2.20. The van der Waals surface area contributed by atoms with Crippen molar-refractivity contribution in [3.05, 3.63) is 21.3 Å². The predicted molar refractivity (Wildman–Crippen MR) is 73.5 cm³/mol. The van der Waals surface area contributed by atoms with Crippen LogP contribution in [0, 0.1) is 0 Å². The topological polar surface area (TPSA) is 41.1 Å². The molecule has 1 amide bonds. The highest BCUT2D eigenvalue weighted by atomic mass is 35.5. The molecule has 0 saturated heterocycles. The lowest BCUT2D eigenvalue weighted by Crippen LogP contribution is -2.41. The monoisotopic (exact) mass is 274 g/mol. The van der Waals surface area contributed by atoms with E-state index in [1.54, 1.807) is 11.3 Å².